The molecular weight excluding hydrogens is 264 g/mol. The van der Waals surface area contributed by atoms with Gasteiger partial charge in [0.1, 0.15) is 5.69 Å². The highest BCUT2D eigenvalue weighted by molar-refractivity contribution is 7.71. The van der Waals surface area contributed by atoms with Gasteiger partial charge in [0.05, 0.1) is 19.9 Å². The molecule has 1 aliphatic rings. The lowest BCUT2D eigenvalue weighted by Crippen LogP contribution is -2.37. The fraction of sp³-hybridized carbons (Fsp3) is 0.417. The molecule has 0 radical (unpaired) electrons. The van der Waals surface area contributed by atoms with Gasteiger partial charge in [0.15, 0.2) is 0 Å². The third-order valence-electron chi connectivity index (χ3n) is 2.93. The molecule has 2 aromatic rings. The molecule has 0 spiro atoms. The third kappa shape index (κ3) is 2.89. The lowest BCUT2D eigenvalue weighted by atomic mass is 10.3. The lowest BCUT2D eigenvalue weighted by molar-refractivity contribution is 0.0206. The number of aromatic nitrogens is 3. The molecule has 7 heteroatoms. The summed E-state index contributed by atoms with van der Waals surface area (Å²) in [5.74, 6) is 0.457. The van der Waals surface area contributed by atoms with Crippen molar-refractivity contribution in [3.8, 4) is 11.6 Å². The molecule has 2 aromatic heterocycles. The average Bonchev–Trinajstić information content (AvgIpc) is 2.82. The van der Waals surface area contributed by atoms with E-state index in [1.54, 1.807) is 10.9 Å². The van der Waals surface area contributed by atoms with Crippen molar-refractivity contribution in [3.63, 3.8) is 0 Å². The SMILES string of the molecule is S=c1oc(-c2ccccn2)nn1CN1CCOCC1. The van der Waals surface area contributed by atoms with E-state index in [0.717, 1.165) is 26.3 Å². The van der Waals surface area contributed by atoms with Crippen molar-refractivity contribution in [1.29, 1.82) is 0 Å². The Balaban J connectivity index is 1.79. The first-order chi connectivity index (χ1) is 9.33. The van der Waals surface area contributed by atoms with Crippen LogP contribution in [-0.2, 0) is 11.4 Å². The van der Waals surface area contributed by atoms with Crippen LogP contribution in [-0.4, -0.2) is 46.0 Å². The molecule has 6 nitrogen and oxygen atoms in total. The smallest absolute Gasteiger partial charge is 0.288 e. The zero-order valence-electron chi connectivity index (χ0n) is 10.4. The first-order valence-corrected chi connectivity index (χ1v) is 6.53. The summed E-state index contributed by atoms with van der Waals surface area (Å²) < 4.78 is 12.5. The molecule has 1 saturated heterocycles. The molecule has 0 aliphatic carbocycles. The van der Waals surface area contributed by atoms with Crippen molar-refractivity contribution in [3.05, 3.63) is 29.2 Å². The molecule has 1 aliphatic heterocycles. The second-order valence-corrected chi connectivity index (χ2v) is 4.61. The molecule has 3 rings (SSSR count). The maximum atomic E-state index is 5.49. The van der Waals surface area contributed by atoms with Gasteiger partial charge < -0.3 is 9.15 Å². The summed E-state index contributed by atoms with van der Waals surface area (Å²) in [4.78, 5) is 6.79. The fourth-order valence-corrected chi connectivity index (χ4v) is 2.10. The lowest BCUT2D eigenvalue weighted by Gasteiger charge is -2.25. The van der Waals surface area contributed by atoms with Gasteiger partial charge >= 0.3 is 0 Å². The van der Waals surface area contributed by atoms with E-state index in [9.17, 15) is 0 Å². The minimum Gasteiger partial charge on any atom is -0.408 e. The highest BCUT2D eigenvalue weighted by atomic mass is 32.1. The van der Waals surface area contributed by atoms with E-state index in [-0.39, 0.29) is 0 Å². The Bertz CT molecular complexity index is 589. The van der Waals surface area contributed by atoms with Crippen LogP contribution in [0.15, 0.2) is 28.8 Å². The Morgan fingerprint density at radius 3 is 2.84 bits per heavy atom. The van der Waals surface area contributed by atoms with Gasteiger partial charge in [-0.3, -0.25) is 9.88 Å². The Hall–Kier alpha value is -1.57. The van der Waals surface area contributed by atoms with E-state index in [0.29, 0.717) is 23.1 Å². The maximum Gasteiger partial charge on any atom is 0.288 e. The van der Waals surface area contributed by atoms with Crippen LogP contribution >= 0.6 is 12.2 Å². The molecular formula is C12H14N4O2S. The molecule has 0 bridgehead atoms. The number of rotatable bonds is 3. The second-order valence-electron chi connectivity index (χ2n) is 4.26. The summed E-state index contributed by atoms with van der Waals surface area (Å²) in [5, 5.41) is 4.37. The molecule has 0 N–H and O–H groups in total. The maximum absolute atomic E-state index is 5.49. The van der Waals surface area contributed by atoms with Gasteiger partial charge in [-0.15, -0.1) is 5.10 Å². The van der Waals surface area contributed by atoms with E-state index in [2.05, 4.69) is 15.0 Å². The van der Waals surface area contributed by atoms with Gasteiger partial charge in [0.25, 0.3) is 10.7 Å². The average molecular weight is 278 g/mol. The quantitative estimate of drug-likeness (QED) is 0.794. The topological polar surface area (TPSA) is 56.3 Å². The first-order valence-electron chi connectivity index (χ1n) is 6.12. The van der Waals surface area contributed by atoms with E-state index in [1.165, 1.54) is 0 Å². The largest absolute Gasteiger partial charge is 0.408 e. The number of nitrogens with zero attached hydrogens (tertiary/aromatic N) is 4. The molecule has 1 fully saturated rings. The summed E-state index contributed by atoms with van der Waals surface area (Å²) >= 11 is 5.19. The predicted molar refractivity (Wildman–Crippen MR) is 71.0 cm³/mol. The molecule has 100 valence electrons. The Labute approximate surface area is 115 Å². The molecule has 3 heterocycles. The number of hydrogen-bond donors (Lipinski definition) is 0. The van der Waals surface area contributed by atoms with Crippen LogP contribution in [0.4, 0.5) is 0 Å². The summed E-state index contributed by atoms with van der Waals surface area (Å²) in [5.41, 5.74) is 0.689. The number of ether oxygens (including phenoxy) is 1. The van der Waals surface area contributed by atoms with Gasteiger partial charge in [-0.2, -0.15) is 0 Å². The summed E-state index contributed by atoms with van der Waals surface area (Å²) in [6.45, 7) is 3.89. The van der Waals surface area contributed by atoms with Crippen molar-refractivity contribution in [2.24, 2.45) is 0 Å². The molecule has 0 saturated carbocycles. The summed E-state index contributed by atoms with van der Waals surface area (Å²) in [7, 11) is 0. The zero-order valence-corrected chi connectivity index (χ0v) is 11.2. The Morgan fingerprint density at radius 1 is 1.26 bits per heavy atom. The van der Waals surface area contributed by atoms with E-state index in [4.69, 9.17) is 21.4 Å². The predicted octanol–water partition coefficient (Wildman–Crippen LogP) is 1.56. The normalized spacial score (nSPS) is 16.6. The van der Waals surface area contributed by atoms with Gasteiger partial charge in [0, 0.05) is 19.3 Å². The van der Waals surface area contributed by atoms with Crippen LogP contribution in [0.25, 0.3) is 11.6 Å². The van der Waals surface area contributed by atoms with Crippen LogP contribution in [0.1, 0.15) is 0 Å². The van der Waals surface area contributed by atoms with Crippen LogP contribution in [0.3, 0.4) is 0 Å². The van der Waals surface area contributed by atoms with Gasteiger partial charge in [-0.1, -0.05) is 6.07 Å². The molecule has 0 atom stereocenters. The van der Waals surface area contributed by atoms with Crippen LogP contribution < -0.4 is 0 Å². The van der Waals surface area contributed by atoms with Crippen LogP contribution in [0.2, 0.25) is 0 Å². The van der Waals surface area contributed by atoms with Gasteiger partial charge in [-0.25, -0.2) is 4.68 Å². The molecule has 0 amide bonds. The van der Waals surface area contributed by atoms with Crippen molar-refractivity contribution < 1.29 is 9.15 Å². The Kier molecular flexibility index (Phi) is 3.67. The first kappa shape index (κ1) is 12.5. The molecule has 0 unspecified atom stereocenters. The van der Waals surface area contributed by atoms with Crippen molar-refractivity contribution >= 4 is 12.2 Å². The molecule has 0 aromatic carbocycles. The minimum absolute atomic E-state index is 0.368. The second kappa shape index (κ2) is 5.60. The van der Waals surface area contributed by atoms with Crippen molar-refractivity contribution in [2.75, 3.05) is 26.3 Å². The monoisotopic (exact) mass is 278 g/mol. The fourth-order valence-electron chi connectivity index (χ4n) is 1.92. The van der Waals surface area contributed by atoms with Crippen LogP contribution in [0.5, 0.6) is 0 Å². The van der Waals surface area contributed by atoms with Crippen molar-refractivity contribution in [1.82, 2.24) is 19.7 Å². The van der Waals surface area contributed by atoms with Gasteiger partial charge in [0.2, 0.25) is 0 Å². The van der Waals surface area contributed by atoms with E-state index in [1.807, 2.05) is 18.2 Å². The summed E-state index contributed by atoms with van der Waals surface area (Å²) in [6.07, 6.45) is 1.70. The zero-order chi connectivity index (χ0) is 13.1. The highest BCUT2D eigenvalue weighted by Crippen LogP contribution is 2.14. The van der Waals surface area contributed by atoms with E-state index >= 15 is 0 Å². The highest BCUT2D eigenvalue weighted by Gasteiger charge is 2.14. The van der Waals surface area contributed by atoms with Crippen molar-refractivity contribution in [2.45, 2.75) is 6.67 Å². The number of morpholine rings is 1. The standard InChI is InChI=1S/C12H14N4O2S/c19-12-16(9-15-5-7-17-8-6-15)14-11(18-12)10-3-1-2-4-13-10/h1-4H,5-9H2. The third-order valence-corrected chi connectivity index (χ3v) is 3.22. The number of hydrogen-bond acceptors (Lipinski definition) is 6. The van der Waals surface area contributed by atoms with Gasteiger partial charge in [-0.05, 0) is 24.4 Å². The van der Waals surface area contributed by atoms with Crippen LogP contribution in [0, 0.1) is 4.84 Å². The summed E-state index contributed by atoms with van der Waals surface area (Å²) in [6, 6.07) is 5.59. The van der Waals surface area contributed by atoms with E-state index < -0.39 is 0 Å². The minimum atomic E-state index is 0.368. The number of pyridine rings is 1. The molecule has 19 heavy (non-hydrogen) atoms. The Morgan fingerprint density at radius 2 is 2.11 bits per heavy atom.